The predicted molar refractivity (Wildman–Crippen MR) is 63.1 cm³/mol. The van der Waals surface area contributed by atoms with Crippen molar-refractivity contribution < 1.29 is 0 Å². The molecule has 2 aliphatic rings. The second-order valence-electron chi connectivity index (χ2n) is 5.08. The molecule has 1 aliphatic carbocycles. The molecule has 1 aromatic rings. The molecule has 0 unspecified atom stereocenters. The summed E-state index contributed by atoms with van der Waals surface area (Å²) in [5, 5.41) is 0. The summed E-state index contributed by atoms with van der Waals surface area (Å²) in [6.45, 7) is 6.04. The molecule has 1 nitrogen and oxygen atoms in total. The average Bonchev–Trinajstić information content (AvgIpc) is 2.98. The van der Waals surface area contributed by atoms with Crippen LogP contribution in [0.1, 0.15) is 41.5 Å². The molecule has 1 aromatic carbocycles. The molecule has 0 saturated carbocycles. The van der Waals surface area contributed by atoms with E-state index in [1.807, 2.05) is 0 Å². The van der Waals surface area contributed by atoms with Gasteiger partial charge in [0.25, 0.3) is 0 Å². The quantitative estimate of drug-likeness (QED) is 0.722. The third kappa shape index (κ3) is 1.93. The fourth-order valence-electron chi connectivity index (χ4n) is 2.78. The summed E-state index contributed by atoms with van der Waals surface area (Å²) in [6.07, 6.45) is 5.49. The summed E-state index contributed by atoms with van der Waals surface area (Å²) in [5.41, 5.74) is 6.29. The van der Waals surface area contributed by atoms with Crippen molar-refractivity contribution in [3.05, 3.63) is 34.4 Å². The van der Waals surface area contributed by atoms with Gasteiger partial charge in [0.05, 0.1) is 0 Å². The van der Waals surface area contributed by atoms with Crippen LogP contribution in [-0.2, 0) is 13.0 Å². The molecule has 0 atom stereocenters. The van der Waals surface area contributed by atoms with Gasteiger partial charge in [-0.3, -0.25) is 4.90 Å². The Labute approximate surface area is 92.1 Å². The largest absolute Gasteiger partial charge is 0.299 e. The van der Waals surface area contributed by atoms with Crippen molar-refractivity contribution in [2.24, 2.45) is 0 Å². The van der Waals surface area contributed by atoms with Crippen molar-refractivity contribution in [2.75, 3.05) is 13.1 Å². The van der Waals surface area contributed by atoms with Crippen LogP contribution >= 0.6 is 0 Å². The first-order valence-electron chi connectivity index (χ1n) is 6.16. The second kappa shape index (κ2) is 3.64. The number of fused-ring (bicyclic) bond motifs is 1. The van der Waals surface area contributed by atoms with Crippen molar-refractivity contribution >= 4 is 0 Å². The summed E-state index contributed by atoms with van der Waals surface area (Å²) in [7, 11) is 0. The average molecular weight is 201 g/mol. The van der Waals surface area contributed by atoms with Crippen molar-refractivity contribution in [3.8, 4) is 0 Å². The van der Waals surface area contributed by atoms with Crippen molar-refractivity contribution in [3.63, 3.8) is 0 Å². The summed E-state index contributed by atoms with van der Waals surface area (Å²) >= 11 is 0. The van der Waals surface area contributed by atoms with E-state index in [9.17, 15) is 0 Å². The van der Waals surface area contributed by atoms with Crippen LogP contribution in [0.5, 0.6) is 0 Å². The van der Waals surface area contributed by atoms with E-state index in [0.717, 1.165) is 0 Å². The van der Waals surface area contributed by atoms with Gasteiger partial charge in [0, 0.05) is 6.54 Å². The summed E-state index contributed by atoms with van der Waals surface area (Å²) in [5.74, 6) is 0. The molecular weight excluding hydrogens is 182 g/mol. The van der Waals surface area contributed by atoms with Gasteiger partial charge >= 0.3 is 0 Å². The molecule has 3 rings (SSSR count). The Morgan fingerprint density at radius 1 is 1.13 bits per heavy atom. The highest BCUT2D eigenvalue weighted by molar-refractivity contribution is 5.52. The maximum atomic E-state index is 2.62. The second-order valence-corrected chi connectivity index (χ2v) is 5.08. The Morgan fingerprint density at radius 2 is 1.93 bits per heavy atom. The first-order chi connectivity index (χ1) is 7.33. The summed E-state index contributed by atoms with van der Waals surface area (Å²) < 4.78 is 0. The molecule has 0 N–H and O–H groups in total. The Balaban J connectivity index is 1.74. The zero-order chi connectivity index (χ0) is 10.3. The molecule has 1 fully saturated rings. The van der Waals surface area contributed by atoms with E-state index in [1.165, 1.54) is 50.9 Å². The number of likely N-dealkylation sites (tertiary alicyclic amines) is 1. The number of hydrogen-bond acceptors (Lipinski definition) is 1. The molecule has 0 bridgehead atoms. The first kappa shape index (κ1) is 9.41. The Kier molecular flexibility index (Phi) is 2.28. The molecule has 15 heavy (non-hydrogen) atoms. The van der Waals surface area contributed by atoms with Crippen LogP contribution in [0.15, 0.2) is 12.1 Å². The van der Waals surface area contributed by atoms with Crippen LogP contribution in [0.25, 0.3) is 0 Å². The van der Waals surface area contributed by atoms with Crippen LogP contribution in [0.4, 0.5) is 0 Å². The number of rotatable bonds is 2. The highest BCUT2D eigenvalue weighted by atomic mass is 15.1. The first-order valence-corrected chi connectivity index (χ1v) is 6.16. The highest BCUT2D eigenvalue weighted by Crippen LogP contribution is 2.33. The highest BCUT2D eigenvalue weighted by Gasteiger charge is 2.22. The van der Waals surface area contributed by atoms with Gasteiger partial charge in [-0.2, -0.15) is 0 Å². The van der Waals surface area contributed by atoms with Crippen LogP contribution < -0.4 is 0 Å². The molecular formula is C14H19N. The third-order valence-corrected chi connectivity index (χ3v) is 3.66. The van der Waals surface area contributed by atoms with E-state index in [2.05, 4.69) is 24.0 Å². The van der Waals surface area contributed by atoms with Gasteiger partial charge in [-0.05, 0) is 56.0 Å². The van der Waals surface area contributed by atoms with Crippen LogP contribution in [0.2, 0.25) is 0 Å². The van der Waals surface area contributed by atoms with E-state index in [4.69, 9.17) is 0 Å². The molecule has 1 aliphatic heterocycles. The zero-order valence-corrected chi connectivity index (χ0v) is 9.55. The number of benzene rings is 1. The van der Waals surface area contributed by atoms with Gasteiger partial charge in [-0.1, -0.05) is 24.1 Å². The normalized spacial score (nSPS) is 20.1. The van der Waals surface area contributed by atoms with Crippen molar-refractivity contribution in [1.82, 2.24) is 4.90 Å². The SMILES string of the molecule is Cc1cc2c(c(CN3CCCCC3)c1)C2. The van der Waals surface area contributed by atoms with Crippen LogP contribution in [0, 0.1) is 6.92 Å². The Hall–Kier alpha value is -0.820. The zero-order valence-electron chi connectivity index (χ0n) is 9.55. The maximum Gasteiger partial charge on any atom is 0.0236 e. The van der Waals surface area contributed by atoms with E-state index < -0.39 is 0 Å². The number of piperidine rings is 1. The lowest BCUT2D eigenvalue weighted by molar-refractivity contribution is 0.221. The minimum Gasteiger partial charge on any atom is -0.299 e. The summed E-state index contributed by atoms with van der Waals surface area (Å²) in [4.78, 5) is 2.62. The molecule has 0 radical (unpaired) electrons. The van der Waals surface area contributed by atoms with Crippen molar-refractivity contribution in [2.45, 2.75) is 39.2 Å². The van der Waals surface area contributed by atoms with Gasteiger partial charge in [-0.25, -0.2) is 0 Å². The van der Waals surface area contributed by atoms with E-state index in [-0.39, 0.29) is 0 Å². The summed E-state index contributed by atoms with van der Waals surface area (Å²) in [6, 6.07) is 4.73. The minimum absolute atomic E-state index is 1.20. The lowest BCUT2D eigenvalue weighted by Crippen LogP contribution is -2.29. The van der Waals surface area contributed by atoms with Crippen LogP contribution in [0.3, 0.4) is 0 Å². The minimum atomic E-state index is 1.20. The smallest absolute Gasteiger partial charge is 0.0236 e. The number of hydrogen-bond donors (Lipinski definition) is 0. The Bertz CT molecular complexity index is 374. The number of nitrogens with zero attached hydrogens (tertiary/aromatic N) is 1. The fraction of sp³-hybridized carbons (Fsp3) is 0.571. The van der Waals surface area contributed by atoms with Gasteiger partial charge in [-0.15, -0.1) is 0 Å². The fourth-order valence-corrected chi connectivity index (χ4v) is 2.78. The maximum absolute atomic E-state index is 2.62. The molecule has 0 aromatic heterocycles. The van der Waals surface area contributed by atoms with Gasteiger partial charge in [0.1, 0.15) is 0 Å². The lowest BCUT2D eigenvalue weighted by atomic mass is 10.1. The van der Waals surface area contributed by atoms with E-state index in [0.29, 0.717) is 0 Å². The molecule has 0 amide bonds. The van der Waals surface area contributed by atoms with E-state index >= 15 is 0 Å². The molecule has 1 saturated heterocycles. The van der Waals surface area contributed by atoms with Gasteiger partial charge < -0.3 is 0 Å². The molecule has 1 heterocycles. The lowest BCUT2D eigenvalue weighted by Gasteiger charge is -2.26. The monoisotopic (exact) mass is 201 g/mol. The predicted octanol–water partition coefficient (Wildman–Crippen LogP) is 2.89. The topological polar surface area (TPSA) is 3.24 Å². The van der Waals surface area contributed by atoms with Gasteiger partial charge in [0.2, 0.25) is 0 Å². The Morgan fingerprint density at radius 3 is 2.73 bits per heavy atom. The van der Waals surface area contributed by atoms with Crippen LogP contribution in [-0.4, -0.2) is 18.0 Å². The van der Waals surface area contributed by atoms with Crippen molar-refractivity contribution in [1.29, 1.82) is 0 Å². The van der Waals surface area contributed by atoms with E-state index in [1.54, 1.807) is 16.7 Å². The third-order valence-electron chi connectivity index (χ3n) is 3.66. The molecule has 0 spiro atoms. The standard InChI is InChI=1S/C14H19N/c1-11-7-12-9-14(12)13(8-11)10-15-5-3-2-4-6-15/h7-8H,2-6,9-10H2,1H3. The molecule has 1 heteroatoms. The molecule has 80 valence electrons. The van der Waals surface area contributed by atoms with Gasteiger partial charge in [0.15, 0.2) is 0 Å². The number of aryl methyl sites for hydroxylation is 1.